The highest BCUT2D eigenvalue weighted by Gasteiger charge is 2.32. The van der Waals surface area contributed by atoms with Crippen molar-refractivity contribution in [2.45, 2.75) is 45.8 Å². The normalized spacial score (nSPS) is 12.2. The van der Waals surface area contributed by atoms with Crippen molar-refractivity contribution in [1.82, 2.24) is 4.90 Å². The first-order valence-electron chi connectivity index (χ1n) is 5.72. The SMILES string of the molecule is CCCCOC(=O)CN(CC(F)(F)F)C(C)C. The van der Waals surface area contributed by atoms with Crippen molar-refractivity contribution in [2.24, 2.45) is 0 Å². The summed E-state index contributed by atoms with van der Waals surface area (Å²) in [6.07, 6.45) is -2.69. The summed E-state index contributed by atoms with van der Waals surface area (Å²) in [5.74, 6) is -0.601. The van der Waals surface area contributed by atoms with E-state index in [1.807, 2.05) is 6.92 Å². The van der Waals surface area contributed by atoms with E-state index in [2.05, 4.69) is 0 Å². The van der Waals surface area contributed by atoms with Crippen LogP contribution >= 0.6 is 0 Å². The van der Waals surface area contributed by atoms with Gasteiger partial charge in [0.2, 0.25) is 0 Å². The first kappa shape index (κ1) is 16.2. The molecule has 0 bridgehead atoms. The number of halogens is 3. The first-order valence-corrected chi connectivity index (χ1v) is 5.72. The summed E-state index contributed by atoms with van der Waals surface area (Å²) in [4.78, 5) is 12.3. The van der Waals surface area contributed by atoms with Gasteiger partial charge in [-0.25, -0.2) is 0 Å². The van der Waals surface area contributed by atoms with E-state index in [0.29, 0.717) is 0 Å². The molecular formula is C11H20F3NO2. The quantitative estimate of drug-likeness (QED) is 0.517. The second-order valence-electron chi connectivity index (χ2n) is 4.19. The highest BCUT2D eigenvalue weighted by molar-refractivity contribution is 5.71. The average molecular weight is 255 g/mol. The Morgan fingerprint density at radius 1 is 1.35 bits per heavy atom. The molecule has 0 saturated heterocycles. The van der Waals surface area contributed by atoms with Gasteiger partial charge in [-0.15, -0.1) is 0 Å². The van der Waals surface area contributed by atoms with Gasteiger partial charge in [-0.3, -0.25) is 9.69 Å². The van der Waals surface area contributed by atoms with Crippen LogP contribution in [0.4, 0.5) is 13.2 Å². The van der Waals surface area contributed by atoms with Crippen LogP contribution < -0.4 is 0 Å². The van der Waals surface area contributed by atoms with Crippen molar-refractivity contribution in [3.63, 3.8) is 0 Å². The fourth-order valence-corrected chi connectivity index (χ4v) is 1.19. The molecule has 102 valence electrons. The highest BCUT2D eigenvalue weighted by atomic mass is 19.4. The Balaban J connectivity index is 4.12. The van der Waals surface area contributed by atoms with Crippen molar-refractivity contribution in [3.8, 4) is 0 Å². The van der Waals surface area contributed by atoms with Crippen LogP contribution in [0.2, 0.25) is 0 Å². The van der Waals surface area contributed by atoms with Crippen LogP contribution in [0.25, 0.3) is 0 Å². The molecular weight excluding hydrogens is 235 g/mol. The molecule has 0 aliphatic heterocycles. The summed E-state index contributed by atoms with van der Waals surface area (Å²) >= 11 is 0. The smallest absolute Gasteiger partial charge is 0.401 e. The number of esters is 1. The van der Waals surface area contributed by atoms with Gasteiger partial charge in [-0.2, -0.15) is 13.2 Å². The topological polar surface area (TPSA) is 29.5 Å². The number of carbonyl (C=O) groups is 1. The van der Waals surface area contributed by atoms with Gasteiger partial charge in [-0.1, -0.05) is 13.3 Å². The second kappa shape index (κ2) is 7.53. The number of carbonyl (C=O) groups excluding carboxylic acids is 1. The Bertz CT molecular complexity index is 229. The lowest BCUT2D eigenvalue weighted by atomic mass is 10.3. The molecule has 17 heavy (non-hydrogen) atoms. The molecule has 0 aromatic heterocycles. The Kier molecular flexibility index (Phi) is 7.18. The minimum absolute atomic E-state index is 0.271. The van der Waals surface area contributed by atoms with Crippen LogP contribution in [0, 0.1) is 0 Å². The zero-order chi connectivity index (χ0) is 13.5. The molecule has 0 heterocycles. The van der Waals surface area contributed by atoms with E-state index >= 15 is 0 Å². The van der Waals surface area contributed by atoms with E-state index < -0.39 is 18.7 Å². The number of rotatable bonds is 7. The van der Waals surface area contributed by atoms with Crippen molar-refractivity contribution < 1.29 is 22.7 Å². The summed E-state index contributed by atoms with van der Waals surface area (Å²) < 4.78 is 41.5. The zero-order valence-corrected chi connectivity index (χ0v) is 10.5. The average Bonchev–Trinajstić information content (AvgIpc) is 2.15. The number of hydrogen-bond acceptors (Lipinski definition) is 3. The Hall–Kier alpha value is -0.780. The van der Waals surface area contributed by atoms with Gasteiger partial charge in [-0.05, 0) is 20.3 Å². The molecule has 0 N–H and O–H groups in total. The number of ether oxygens (including phenoxy) is 1. The standard InChI is InChI=1S/C11H20F3NO2/c1-4-5-6-17-10(16)7-15(9(2)3)8-11(12,13)14/h9H,4-8H2,1-3H3. The van der Waals surface area contributed by atoms with Crippen molar-refractivity contribution >= 4 is 5.97 Å². The third-order valence-corrected chi connectivity index (χ3v) is 2.21. The number of unbranched alkanes of at least 4 members (excludes halogenated alkanes) is 1. The number of hydrogen-bond donors (Lipinski definition) is 0. The maximum atomic E-state index is 12.2. The molecule has 0 radical (unpaired) electrons. The third-order valence-electron chi connectivity index (χ3n) is 2.21. The maximum Gasteiger partial charge on any atom is 0.401 e. The lowest BCUT2D eigenvalue weighted by molar-refractivity contribution is -0.160. The van der Waals surface area contributed by atoms with E-state index in [4.69, 9.17) is 4.74 Å². The zero-order valence-electron chi connectivity index (χ0n) is 10.5. The largest absolute Gasteiger partial charge is 0.465 e. The van der Waals surface area contributed by atoms with Crippen LogP contribution in [0.15, 0.2) is 0 Å². The molecule has 0 aromatic rings. The van der Waals surface area contributed by atoms with Crippen LogP contribution in [0.1, 0.15) is 33.6 Å². The number of nitrogens with zero attached hydrogens (tertiary/aromatic N) is 1. The first-order chi connectivity index (χ1) is 7.76. The lowest BCUT2D eigenvalue weighted by Crippen LogP contribution is -2.42. The molecule has 3 nitrogen and oxygen atoms in total. The van der Waals surface area contributed by atoms with E-state index in [1.165, 1.54) is 0 Å². The summed E-state index contributed by atoms with van der Waals surface area (Å²) in [6, 6.07) is -0.352. The summed E-state index contributed by atoms with van der Waals surface area (Å²) in [6.45, 7) is 4.04. The number of alkyl halides is 3. The minimum Gasteiger partial charge on any atom is -0.465 e. The van der Waals surface area contributed by atoms with Gasteiger partial charge in [0.25, 0.3) is 0 Å². The van der Waals surface area contributed by atoms with Crippen molar-refractivity contribution in [1.29, 1.82) is 0 Å². The second-order valence-corrected chi connectivity index (χ2v) is 4.19. The van der Waals surface area contributed by atoms with Gasteiger partial charge >= 0.3 is 12.1 Å². The molecule has 0 saturated carbocycles. The van der Waals surface area contributed by atoms with Crippen LogP contribution in [-0.2, 0) is 9.53 Å². The molecule has 0 aliphatic carbocycles. The van der Waals surface area contributed by atoms with E-state index in [0.717, 1.165) is 17.7 Å². The van der Waals surface area contributed by atoms with Gasteiger partial charge in [0.1, 0.15) is 0 Å². The molecule has 0 aliphatic rings. The molecule has 0 atom stereocenters. The maximum absolute atomic E-state index is 12.2. The highest BCUT2D eigenvalue weighted by Crippen LogP contribution is 2.17. The van der Waals surface area contributed by atoms with Gasteiger partial charge in [0, 0.05) is 6.04 Å². The molecule has 0 spiro atoms. The Labute approximate surface area is 99.9 Å². The summed E-state index contributed by atoms with van der Waals surface area (Å²) in [5, 5.41) is 0. The molecule has 0 fully saturated rings. The monoisotopic (exact) mass is 255 g/mol. The van der Waals surface area contributed by atoms with E-state index in [9.17, 15) is 18.0 Å². The van der Waals surface area contributed by atoms with E-state index in [-0.39, 0.29) is 19.2 Å². The lowest BCUT2D eigenvalue weighted by Gasteiger charge is -2.26. The molecule has 0 aromatic carbocycles. The Morgan fingerprint density at radius 3 is 2.35 bits per heavy atom. The third kappa shape index (κ3) is 8.97. The van der Waals surface area contributed by atoms with E-state index in [1.54, 1.807) is 13.8 Å². The molecule has 0 amide bonds. The predicted molar refractivity (Wildman–Crippen MR) is 58.6 cm³/mol. The predicted octanol–water partition coefficient (Wildman–Crippen LogP) is 2.60. The van der Waals surface area contributed by atoms with Crippen molar-refractivity contribution in [2.75, 3.05) is 19.7 Å². The fraction of sp³-hybridized carbons (Fsp3) is 0.909. The summed E-state index contributed by atoms with van der Waals surface area (Å²) in [5.41, 5.74) is 0. The summed E-state index contributed by atoms with van der Waals surface area (Å²) in [7, 11) is 0. The molecule has 0 unspecified atom stereocenters. The van der Waals surface area contributed by atoms with Gasteiger partial charge in [0.05, 0.1) is 19.7 Å². The van der Waals surface area contributed by atoms with Gasteiger partial charge in [0.15, 0.2) is 0 Å². The van der Waals surface area contributed by atoms with Crippen LogP contribution in [0.5, 0.6) is 0 Å². The Morgan fingerprint density at radius 2 is 1.94 bits per heavy atom. The molecule has 0 rings (SSSR count). The van der Waals surface area contributed by atoms with Crippen LogP contribution in [0.3, 0.4) is 0 Å². The van der Waals surface area contributed by atoms with Crippen molar-refractivity contribution in [3.05, 3.63) is 0 Å². The molecule has 6 heteroatoms. The van der Waals surface area contributed by atoms with Gasteiger partial charge < -0.3 is 4.74 Å². The fourth-order valence-electron chi connectivity index (χ4n) is 1.19. The minimum atomic E-state index is -4.30. The van der Waals surface area contributed by atoms with Crippen LogP contribution in [-0.4, -0.2) is 42.8 Å².